The van der Waals surface area contributed by atoms with Gasteiger partial charge in [0.1, 0.15) is 12.4 Å². The summed E-state index contributed by atoms with van der Waals surface area (Å²) in [4.78, 5) is 11.0. The molecule has 0 N–H and O–H groups in total. The minimum absolute atomic E-state index is 0.222. The van der Waals surface area contributed by atoms with Crippen LogP contribution in [0.25, 0.3) is 0 Å². The fourth-order valence-corrected chi connectivity index (χ4v) is 2.47. The number of rotatable bonds is 2. The predicted molar refractivity (Wildman–Crippen MR) is 63.2 cm³/mol. The summed E-state index contributed by atoms with van der Waals surface area (Å²) in [7, 11) is 0. The van der Waals surface area contributed by atoms with E-state index >= 15 is 0 Å². The summed E-state index contributed by atoms with van der Waals surface area (Å²) in [5, 5.41) is 0. The van der Waals surface area contributed by atoms with Gasteiger partial charge in [0.2, 0.25) is 0 Å². The Morgan fingerprint density at radius 2 is 2.18 bits per heavy atom. The molecule has 0 bridgehead atoms. The second kappa shape index (κ2) is 3.76. The van der Waals surface area contributed by atoms with E-state index in [1.165, 1.54) is 25.3 Å². The van der Waals surface area contributed by atoms with Crippen LogP contribution in [0.2, 0.25) is 0 Å². The highest BCUT2D eigenvalue weighted by Crippen LogP contribution is 2.45. The van der Waals surface area contributed by atoms with Crippen LogP contribution in [0.1, 0.15) is 48.5 Å². The first kappa shape index (κ1) is 10.6. The Hall–Kier alpha value is -1.51. The van der Waals surface area contributed by atoms with Crippen LogP contribution in [0, 0.1) is 6.92 Å². The molecule has 17 heavy (non-hydrogen) atoms. The molecule has 1 fully saturated rings. The zero-order valence-corrected chi connectivity index (χ0v) is 10.2. The molecule has 0 radical (unpaired) electrons. The zero-order chi connectivity index (χ0) is 12.0. The number of benzene rings is 1. The van der Waals surface area contributed by atoms with Gasteiger partial charge in [-0.25, -0.2) is 0 Å². The van der Waals surface area contributed by atoms with Crippen LogP contribution in [0.3, 0.4) is 0 Å². The summed E-state index contributed by atoms with van der Waals surface area (Å²) in [5.41, 5.74) is 3.56. The molecule has 90 valence electrons. The summed E-state index contributed by atoms with van der Waals surface area (Å²) in [6.45, 7) is 3.94. The van der Waals surface area contributed by atoms with Crippen LogP contribution in [-0.4, -0.2) is 12.6 Å². The van der Waals surface area contributed by atoms with Crippen molar-refractivity contribution in [2.45, 2.75) is 38.7 Å². The highest BCUT2D eigenvalue weighted by Gasteiger charge is 2.31. The summed E-state index contributed by atoms with van der Waals surface area (Å²) >= 11 is 0. The molecule has 1 unspecified atom stereocenters. The summed E-state index contributed by atoms with van der Waals surface area (Å²) in [5.74, 6) is 1.36. The van der Waals surface area contributed by atoms with E-state index in [-0.39, 0.29) is 12.1 Å². The number of hydrogen-bond donors (Lipinski definition) is 0. The van der Waals surface area contributed by atoms with E-state index in [9.17, 15) is 4.79 Å². The number of ether oxygens (including phenoxy) is 2. The van der Waals surface area contributed by atoms with E-state index in [1.807, 2.05) is 0 Å². The minimum atomic E-state index is -0.249. The normalized spacial score (nSPS) is 21.9. The van der Waals surface area contributed by atoms with Crippen molar-refractivity contribution < 1.29 is 14.3 Å². The maximum Gasteiger partial charge on any atom is 0.303 e. The number of fused-ring (bicyclic) bond motifs is 1. The Labute approximate surface area is 101 Å². The van der Waals surface area contributed by atoms with Crippen LogP contribution in [0.4, 0.5) is 0 Å². The third kappa shape index (κ3) is 1.90. The highest BCUT2D eigenvalue weighted by atomic mass is 16.6. The van der Waals surface area contributed by atoms with Crippen molar-refractivity contribution in [2.24, 2.45) is 0 Å². The van der Waals surface area contributed by atoms with E-state index in [0.29, 0.717) is 12.5 Å². The third-order valence-electron chi connectivity index (χ3n) is 3.41. The van der Waals surface area contributed by atoms with Crippen molar-refractivity contribution in [3.63, 3.8) is 0 Å². The van der Waals surface area contributed by atoms with Crippen LogP contribution in [0.5, 0.6) is 5.75 Å². The van der Waals surface area contributed by atoms with E-state index in [0.717, 1.165) is 16.9 Å². The molecule has 1 atom stereocenters. The molecule has 0 saturated heterocycles. The first-order valence-corrected chi connectivity index (χ1v) is 6.09. The molecule has 0 aromatic heterocycles. The Morgan fingerprint density at radius 1 is 1.41 bits per heavy atom. The van der Waals surface area contributed by atoms with Crippen molar-refractivity contribution in [2.75, 3.05) is 6.61 Å². The molecular weight excluding hydrogens is 216 g/mol. The van der Waals surface area contributed by atoms with Crippen molar-refractivity contribution in [1.29, 1.82) is 0 Å². The van der Waals surface area contributed by atoms with Gasteiger partial charge in [0.15, 0.2) is 6.10 Å². The molecular formula is C14H16O3. The minimum Gasteiger partial charge on any atom is -0.489 e. The first-order chi connectivity index (χ1) is 8.15. The van der Waals surface area contributed by atoms with Gasteiger partial charge < -0.3 is 9.47 Å². The fraction of sp³-hybridized carbons (Fsp3) is 0.500. The largest absolute Gasteiger partial charge is 0.489 e. The van der Waals surface area contributed by atoms with Crippen molar-refractivity contribution >= 4 is 5.97 Å². The summed E-state index contributed by atoms with van der Waals surface area (Å²) in [6, 6.07) is 4.35. The molecule has 1 aliphatic heterocycles. The van der Waals surface area contributed by atoms with Crippen molar-refractivity contribution in [3.05, 3.63) is 28.8 Å². The molecule has 1 saturated carbocycles. The number of carbonyl (C=O) groups is 1. The molecule has 1 aromatic carbocycles. The maximum absolute atomic E-state index is 11.0. The molecule has 0 amide bonds. The van der Waals surface area contributed by atoms with Gasteiger partial charge >= 0.3 is 5.97 Å². The second-order valence-corrected chi connectivity index (χ2v) is 4.94. The topological polar surface area (TPSA) is 35.5 Å². The first-order valence-electron chi connectivity index (χ1n) is 6.09. The number of hydrogen-bond acceptors (Lipinski definition) is 3. The maximum atomic E-state index is 11.0. The van der Waals surface area contributed by atoms with Gasteiger partial charge in [0.25, 0.3) is 0 Å². The Morgan fingerprint density at radius 3 is 2.82 bits per heavy atom. The molecule has 1 heterocycles. The summed E-state index contributed by atoms with van der Waals surface area (Å²) in [6.07, 6.45) is 2.33. The SMILES string of the molecule is CC(=O)OC1COc2c(C)cc(C3CC3)cc21. The number of carbonyl (C=O) groups excluding carboxylic acids is 1. The molecule has 3 rings (SSSR count). The lowest BCUT2D eigenvalue weighted by atomic mass is 10.0. The van der Waals surface area contributed by atoms with Gasteiger partial charge in [0, 0.05) is 12.5 Å². The van der Waals surface area contributed by atoms with E-state index in [2.05, 4.69) is 19.1 Å². The van der Waals surface area contributed by atoms with Gasteiger partial charge in [-0.2, -0.15) is 0 Å². The smallest absolute Gasteiger partial charge is 0.303 e. The quantitative estimate of drug-likeness (QED) is 0.735. The predicted octanol–water partition coefficient (Wildman–Crippen LogP) is 2.87. The number of esters is 1. The monoisotopic (exact) mass is 232 g/mol. The van der Waals surface area contributed by atoms with Crippen LogP contribution < -0.4 is 4.74 Å². The van der Waals surface area contributed by atoms with E-state index in [4.69, 9.17) is 9.47 Å². The molecule has 2 aliphatic rings. The van der Waals surface area contributed by atoms with Gasteiger partial charge in [-0.15, -0.1) is 0 Å². The van der Waals surface area contributed by atoms with Crippen molar-refractivity contribution in [3.8, 4) is 5.75 Å². The fourth-order valence-electron chi connectivity index (χ4n) is 2.47. The van der Waals surface area contributed by atoms with E-state index in [1.54, 1.807) is 0 Å². The Balaban J connectivity index is 1.97. The van der Waals surface area contributed by atoms with Gasteiger partial charge in [-0.1, -0.05) is 6.07 Å². The number of aryl methyl sites for hydroxylation is 1. The average molecular weight is 232 g/mol. The molecule has 3 nitrogen and oxygen atoms in total. The average Bonchev–Trinajstić information content (AvgIpc) is 3.03. The van der Waals surface area contributed by atoms with Gasteiger partial charge in [-0.3, -0.25) is 4.79 Å². The highest BCUT2D eigenvalue weighted by molar-refractivity contribution is 5.67. The standard InChI is InChI=1S/C14H16O3/c1-8-5-11(10-3-4-10)6-12-13(17-9(2)15)7-16-14(8)12/h5-6,10,13H,3-4,7H2,1-2H3. The van der Waals surface area contributed by atoms with E-state index < -0.39 is 0 Å². The lowest BCUT2D eigenvalue weighted by molar-refractivity contribution is -0.147. The second-order valence-electron chi connectivity index (χ2n) is 4.94. The Bertz CT molecular complexity index is 475. The Kier molecular flexibility index (Phi) is 2.35. The lowest BCUT2D eigenvalue weighted by Crippen LogP contribution is -2.09. The molecule has 3 heteroatoms. The zero-order valence-electron chi connectivity index (χ0n) is 10.2. The lowest BCUT2D eigenvalue weighted by Gasteiger charge is -2.11. The van der Waals surface area contributed by atoms with Crippen LogP contribution >= 0.6 is 0 Å². The van der Waals surface area contributed by atoms with Gasteiger partial charge in [-0.05, 0) is 42.9 Å². The van der Waals surface area contributed by atoms with Crippen LogP contribution in [-0.2, 0) is 9.53 Å². The van der Waals surface area contributed by atoms with Crippen molar-refractivity contribution in [1.82, 2.24) is 0 Å². The van der Waals surface area contributed by atoms with Crippen LogP contribution in [0.15, 0.2) is 12.1 Å². The third-order valence-corrected chi connectivity index (χ3v) is 3.41. The molecule has 0 spiro atoms. The van der Waals surface area contributed by atoms with Gasteiger partial charge in [0.05, 0.1) is 0 Å². The molecule has 1 aromatic rings. The summed E-state index contributed by atoms with van der Waals surface area (Å²) < 4.78 is 10.9. The molecule has 1 aliphatic carbocycles.